The zero-order valence-electron chi connectivity index (χ0n) is 9.12. The normalized spacial score (nSPS) is 28.9. The molecule has 0 saturated carbocycles. The highest BCUT2D eigenvalue weighted by molar-refractivity contribution is 5.66. The van der Waals surface area contributed by atoms with Crippen molar-refractivity contribution in [1.82, 2.24) is 0 Å². The molecule has 1 rings (SSSR count). The molecular formula is C9H13N3O4. The van der Waals surface area contributed by atoms with Gasteiger partial charge in [0.15, 0.2) is 12.4 Å². The molecule has 0 aromatic heterocycles. The number of hydrogen-bond acceptors (Lipinski definition) is 5. The van der Waals surface area contributed by atoms with Crippen molar-refractivity contribution in [2.75, 3.05) is 7.11 Å². The van der Waals surface area contributed by atoms with Gasteiger partial charge in [-0.1, -0.05) is 11.7 Å². The zero-order valence-corrected chi connectivity index (χ0v) is 9.12. The summed E-state index contributed by atoms with van der Waals surface area (Å²) in [4.78, 5) is 13.6. The quantitative estimate of drug-likeness (QED) is 0.316. The predicted octanol–water partition coefficient (Wildman–Crippen LogP) is 1.50. The molecule has 0 N–H and O–H groups in total. The number of carbonyl (C=O) groups is 1. The number of rotatable bonds is 3. The van der Waals surface area contributed by atoms with Gasteiger partial charge in [0.25, 0.3) is 0 Å². The highest BCUT2D eigenvalue weighted by atomic mass is 16.7. The number of nitrogens with zero attached hydrogens (tertiary/aromatic N) is 3. The van der Waals surface area contributed by atoms with Crippen LogP contribution in [0, 0.1) is 0 Å². The second kappa shape index (κ2) is 5.39. The van der Waals surface area contributed by atoms with Crippen molar-refractivity contribution in [2.45, 2.75) is 31.8 Å². The maximum absolute atomic E-state index is 10.9. The van der Waals surface area contributed by atoms with Crippen molar-refractivity contribution in [1.29, 1.82) is 0 Å². The second-order valence-corrected chi connectivity index (χ2v) is 3.29. The van der Waals surface area contributed by atoms with E-state index in [1.54, 1.807) is 0 Å². The fourth-order valence-corrected chi connectivity index (χ4v) is 1.46. The van der Waals surface area contributed by atoms with Gasteiger partial charge in [-0.25, -0.2) is 0 Å². The molecule has 0 aromatic rings. The maximum Gasteiger partial charge on any atom is 0.303 e. The Morgan fingerprint density at radius 3 is 2.94 bits per heavy atom. The number of azide groups is 1. The Morgan fingerprint density at radius 2 is 2.44 bits per heavy atom. The van der Waals surface area contributed by atoms with Gasteiger partial charge in [0.1, 0.15) is 5.76 Å². The van der Waals surface area contributed by atoms with Crippen LogP contribution in [0.3, 0.4) is 0 Å². The Labute approximate surface area is 92.6 Å². The first kappa shape index (κ1) is 12.4. The molecule has 1 fully saturated rings. The van der Waals surface area contributed by atoms with Crippen LogP contribution in [0.25, 0.3) is 10.4 Å². The fraction of sp³-hybridized carbons (Fsp3) is 0.667. The smallest absolute Gasteiger partial charge is 0.303 e. The molecule has 3 atom stereocenters. The van der Waals surface area contributed by atoms with Gasteiger partial charge in [0, 0.05) is 25.4 Å². The standard InChI is InChI=1S/C9H13N3O4/c1-5-9(16-6(2)13)7(11-12-10)4-8(14-3)15-5/h7-9H,1,4H2,2-3H3/t7-,8+,9-/m1/s1. The van der Waals surface area contributed by atoms with E-state index in [9.17, 15) is 4.79 Å². The van der Waals surface area contributed by atoms with E-state index in [-0.39, 0.29) is 5.76 Å². The van der Waals surface area contributed by atoms with Crippen LogP contribution in [0.15, 0.2) is 17.5 Å². The lowest BCUT2D eigenvalue weighted by Gasteiger charge is -2.34. The average molecular weight is 227 g/mol. The van der Waals surface area contributed by atoms with Crippen LogP contribution in [0.4, 0.5) is 0 Å². The molecule has 88 valence electrons. The summed E-state index contributed by atoms with van der Waals surface area (Å²) in [6.07, 6.45) is -0.966. The molecule has 0 amide bonds. The summed E-state index contributed by atoms with van der Waals surface area (Å²) in [5, 5.41) is 3.55. The minimum Gasteiger partial charge on any atom is -0.466 e. The largest absolute Gasteiger partial charge is 0.466 e. The van der Waals surface area contributed by atoms with Crippen LogP contribution < -0.4 is 0 Å². The van der Waals surface area contributed by atoms with Crippen LogP contribution in [-0.4, -0.2) is 31.5 Å². The van der Waals surface area contributed by atoms with E-state index >= 15 is 0 Å². The van der Waals surface area contributed by atoms with Crippen LogP contribution in [0.1, 0.15) is 13.3 Å². The molecule has 1 heterocycles. The molecule has 7 heteroatoms. The first-order valence-corrected chi connectivity index (χ1v) is 4.68. The zero-order chi connectivity index (χ0) is 12.1. The van der Waals surface area contributed by atoms with E-state index in [0.717, 1.165) is 0 Å². The van der Waals surface area contributed by atoms with E-state index < -0.39 is 24.4 Å². The maximum atomic E-state index is 10.9. The van der Waals surface area contributed by atoms with Crippen molar-refractivity contribution < 1.29 is 19.0 Å². The van der Waals surface area contributed by atoms with Crippen LogP contribution in [-0.2, 0) is 19.0 Å². The number of hydrogen-bond donors (Lipinski definition) is 0. The Bertz CT molecular complexity index is 338. The molecule has 1 aliphatic heterocycles. The Kier molecular flexibility index (Phi) is 4.16. The van der Waals surface area contributed by atoms with Crippen molar-refractivity contribution in [3.63, 3.8) is 0 Å². The molecule has 0 aliphatic carbocycles. The van der Waals surface area contributed by atoms with Gasteiger partial charge in [-0.3, -0.25) is 4.79 Å². The molecule has 0 spiro atoms. The van der Waals surface area contributed by atoms with Gasteiger partial charge in [-0.15, -0.1) is 0 Å². The summed E-state index contributed by atoms with van der Waals surface area (Å²) in [6, 6.07) is -0.555. The van der Waals surface area contributed by atoms with Crippen molar-refractivity contribution in [2.24, 2.45) is 5.11 Å². The first-order valence-electron chi connectivity index (χ1n) is 4.68. The van der Waals surface area contributed by atoms with Crippen molar-refractivity contribution in [3.05, 3.63) is 22.8 Å². The van der Waals surface area contributed by atoms with E-state index in [1.165, 1.54) is 14.0 Å². The third-order valence-corrected chi connectivity index (χ3v) is 2.14. The SMILES string of the molecule is C=C1O[C@H](OC)C[C@@H](N=[N+]=[N-])[C@@H]1OC(C)=O. The number of carbonyl (C=O) groups excluding carboxylic acids is 1. The topological polar surface area (TPSA) is 93.5 Å². The number of ether oxygens (including phenoxy) is 3. The van der Waals surface area contributed by atoms with Gasteiger partial charge in [0.2, 0.25) is 0 Å². The third-order valence-electron chi connectivity index (χ3n) is 2.14. The number of methoxy groups -OCH3 is 1. The Hall–Kier alpha value is -1.72. The van der Waals surface area contributed by atoms with Gasteiger partial charge in [-0.05, 0) is 5.53 Å². The van der Waals surface area contributed by atoms with Crippen LogP contribution in [0.5, 0.6) is 0 Å². The average Bonchev–Trinajstić information content (AvgIpc) is 2.22. The number of esters is 1. The van der Waals surface area contributed by atoms with Crippen molar-refractivity contribution in [3.8, 4) is 0 Å². The molecule has 16 heavy (non-hydrogen) atoms. The highest BCUT2D eigenvalue weighted by Gasteiger charge is 2.36. The van der Waals surface area contributed by atoms with Crippen LogP contribution in [0.2, 0.25) is 0 Å². The molecule has 0 bridgehead atoms. The molecule has 1 saturated heterocycles. The molecule has 1 aliphatic rings. The van der Waals surface area contributed by atoms with Crippen molar-refractivity contribution >= 4 is 5.97 Å². The van der Waals surface area contributed by atoms with E-state index in [1.807, 2.05) is 0 Å². The summed E-state index contributed by atoms with van der Waals surface area (Å²) in [5.41, 5.74) is 8.42. The first-order chi connectivity index (χ1) is 7.58. The lowest BCUT2D eigenvalue weighted by Crippen LogP contribution is -2.41. The highest BCUT2D eigenvalue weighted by Crippen LogP contribution is 2.27. The molecule has 0 aromatic carbocycles. The van der Waals surface area contributed by atoms with Gasteiger partial charge < -0.3 is 14.2 Å². The van der Waals surface area contributed by atoms with E-state index in [2.05, 4.69) is 16.6 Å². The molecule has 0 unspecified atom stereocenters. The van der Waals surface area contributed by atoms with Gasteiger partial charge in [-0.2, -0.15) is 0 Å². The molecule has 7 nitrogen and oxygen atoms in total. The Balaban J connectivity index is 2.82. The summed E-state index contributed by atoms with van der Waals surface area (Å²) >= 11 is 0. The molecule has 0 radical (unpaired) electrons. The summed E-state index contributed by atoms with van der Waals surface area (Å²) in [6.45, 7) is 4.88. The van der Waals surface area contributed by atoms with Gasteiger partial charge >= 0.3 is 5.97 Å². The molecular weight excluding hydrogens is 214 g/mol. The van der Waals surface area contributed by atoms with Gasteiger partial charge in [0.05, 0.1) is 6.04 Å². The summed E-state index contributed by atoms with van der Waals surface area (Å²) < 4.78 is 15.2. The van der Waals surface area contributed by atoms with Crippen LogP contribution >= 0.6 is 0 Å². The van der Waals surface area contributed by atoms with E-state index in [0.29, 0.717) is 6.42 Å². The summed E-state index contributed by atoms with van der Waals surface area (Å²) in [5.74, 6) is -0.255. The second-order valence-electron chi connectivity index (χ2n) is 3.29. The minimum atomic E-state index is -0.750. The monoisotopic (exact) mass is 227 g/mol. The third kappa shape index (κ3) is 2.88. The lowest BCUT2D eigenvalue weighted by atomic mass is 10.0. The predicted molar refractivity (Wildman–Crippen MR) is 54.1 cm³/mol. The Morgan fingerprint density at radius 1 is 1.75 bits per heavy atom. The minimum absolute atomic E-state index is 0.228. The summed E-state index contributed by atoms with van der Waals surface area (Å²) in [7, 11) is 1.47. The van der Waals surface area contributed by atoms with E-state index in [4.69, 9.17) is 19.7 Å². The fourth-order valence-electron chi connectivity index (χ4n) is 1.46. The lowest BCUT2D eigenvalue weighted by molar-refractivity contribution is -0.168.